The van der Waals surface area contributed by atoms with Crippen LogP contribution in [0.3, 0.4) is 0 Å². The zero-order valence-corrected chi connectivity index (χ0v) is 11.3. The van der Waals surface area contributed by atoms with Gasteiger partial charge in [0.25, 0.3) is 0 Å². The molecule has 0 amide bonds. The summed E-state index contributed by atoms with van der Waals surface area (Å²) in [6.45, 7) is 1.99. The minimum absolute atomic E-state index is 0.220. The van der Waals surface area contributed by atoms with Crippen LogP contribution in [-0.4, -0.2) is 25.3 Å². The molecule has 3 rings (SSSR count). The van der Waals surface area contributed by atoms with Crippen molar-refractivity contribution in [3.8, 4) is 0 Å². The summed E-state index contributed by atoms with van der Waals surface area (Å²) in [5.74, 6) is 0. The molecular formula is C15H19F3N2. The Labute approximate surface area is 116 Å². The maximum Gasteiger partial charge on any atom is 0.398 e. The third kappa shape index (κ3) is 2.51. The molecule has 1 aromatic rings. The van der Waals surface area contributed by atoms with Crippen LogP contribution in [0.2, 0.25) is 0 Å². The number of rotatable bonds is 3. The van der Waals surface area contributed by atoms with Crippen molar-refractivity contribution >= 4 is 5.69 Å². The van der Waals surface area contributed by atoms with Crippen LogP contribution in [0.5, 0.6) is 0 Å². The van der Waals surface area contributed by atoms with Gasteiger partial charge in [0.05, 0.1) is 5.41 Å². The van der Waals surface area contributed by atoms with Gasteiger partial charge in [-0.25, -0.2) is 0 Å². The fourth-order valence-electron chi connectivity index (χ4n) is 2.95. The van der Waals surface area contributed by atoms with Gasteiger partial charge in [-0.2, -0.15) is 13.2 Å². The molecule has 2 aliphatic rings. The largest absolute Gasteiger partial charge is 0.398 e. The van der Waals surface area contributed by atoms with Crippen molar-refractivity contribution in [2.24, 2.45) is 0 Å². The van der Waals surface area contributed by atoms with Crippen LogP contribution in [0.25, 0.3) is 0 Å². The Morgan fingerprint density at radius 1 is 1.05 bits per heavy atom. The van der Waals surface area contributed by atoms with E-state index in [4.69, 9.17) is 0 Å². The Bertz CT molecular complexity index is 457. The fraction of sp³-hybridized carbons (Fsp3) is 0.600. The molecule has 20 heavy (non-hydrogen) atoms. The van der Waals surface area contributed by atoms with Crippen LogP contribution in [0.15, 0.2) is 24.3 Å². The van der Waals surface area contributed by atoms with Gasteiger partial charge in [-0.15, -0.1) is 0 Å². The molecule has 1 aliphatic carbocycles. The van der Waals surface area contributed by atoms with Crippen LogP contribution in [-0.2, 0) is 5.41 Å². The Morgan fingerprint density at radius 3 is 2.15 bits per heavy atom. The van der Waals surface area contributed by atoms with Crippen LogP contribution in [0, 0.1) is 0 Å². The normalized spacial score (nSPS) is 22.6. The molecule has 1 aliphatic heterocycles. The molecule has 0 unspecified atom stereocenters. The average molecular weight is 284 g/mol. The van der Waals surface area contributed by atoms with Gasteiger partial charge in [-0.05, 0) is 56.5 Å². The van der Waals surface area contributed by atoms with E-state index in [-0.39, 0.29) is 12.8 Å². The summed E-state index contributed by atoms with van der Waals surface area (Å²) < 4.78 is 39.1. The van der Waals surface area contributed by atoms with Gasteiger partial charge in [-0.3, -0.25) is 0 Å². The minimum Gasteiger partial charge on any atom is -0.382 e. The lowest BCUT2D eigenvalue weighted by atomic mass is 9.95. The van der Waals surface area contributed by atoms with Crippen LogP contribution >= 0.6 is 0 Å². The molecular weight excluding hydrogens is 265 g/mol. The number of hydrogen-bond acceptors (Lipinski definition) is 2. The Kier molecular flexibility index (Phi) is 3.40. The first kappa shape index (κ1) is 13.7. The highest BCUT2D eigenvalue weighted by Gasteiger charge is 2.64. The average Bonchev–Trinajstić information content (AvgIpc) is 3.22. The molecule has 5 heteroatoms. The van der Waals surface area contributed by atoms with Gasteiger partial charge in [0.15, 0.2) is 0 Å². The van der Waals surface area contributed by atoms with Gasteiger partial charge in [0, 0.05) is 11.7 Å². The summed E-state index contributed by atoms with van der Waals surface area (Å²) in [5.41, 5.74) is -0.250. The summed E-state index contributed by atoms with van der Waals surface area (Å²) in [7, 11) is 0. The predicted octanol–water partition coefficient (Wildman–Crippen LogP) is 3.44. The first-order valence-electron chi connectivity index (χ1n) is 7.16. The van der Waals surface area contributed by atoms with E-state index in [0.717, 1.165) is 31.6 Å². The van der Waals surface area contributed by atoms with Crippen LogP contribution in [0.4, 0.5) is 18.9 Å². The van der Waals surface area contributed by atoms with Crippen molar-refractivity contribution in [2.45, 2.75) is 43.3 Å². The number of piperidine rings is 1. The monoisotopic (exact) mass is 284 g/mol. The second-order valence-electron chi connectivity index (χ2n) is 5.83. The molecule has 2 fully saturated rings. The summed E-state index contributed by atoms with van der Waals surface area (Å²) >= 11 is 0. The third-order valence-electron chi connectivity index (χ3n) is 4.44. The topological polar surface area (TPSA) is 24.1 Å². The summed E-state index contributed by atoms with van der Waals surface area (Å²) in [5, 5.41) is 6.69. The van der Waals surface area contributed by atoms with Gasteiger partial charge in [-0.1, -0.05) is 12.1 Å². The molecule has 1 heterocycles. The number of alkyl halides is 3. The molecule has 1 saturated heterocycles. The number of benzene rings is 1. The van der Waals surface area contributed by atoms with E-state index in [1.807, 2.05) is 0 Å². The number of anilines is 1. The Morgan fingerprint density at radius 2 is 1.65 bits per heavy atom. The van der Waals surface area contributed by atoms with E-state index >= 15 is 0 Å². The predicted molar refractivity (Wildman–Crippen MR) is 72.9 cm³/mol. The van der Waals surface area contributed by atoms with E-state index in [2.05, 4.69) is 10.6 Å². The highest BCUT2D eigenvalue weighted by atomic mass is 19.4. The molecule has 0 aromatic heterocycles. The maximum atomic E-state index is 13.0. The molecule has 1 saturated carbocycles. The lowest BCUT2D eigenvalue weighted by molar-refractivity contribution is -0.160. The molecule has 2 nitrogen and oxygen atoms in total. The zero-order valence-electron chi connectivity index (χ0n) is 11.3. The first-order chi connectivity index (χ1) is 9.51. The van der Waals surface area contributed by atoms with Crippen molar-refractivity contribution in [2.75, 3.05) is 18.4 Å². The van der Waals surface area contributed by atoms with Crippen molar-refractivity contribution in [3.05, 3.63) is 29.8 Å². The molecule has 0 radical (unpaired) electrons. The molecule has 0 atom stereocenters. The quantitative estimate of drug-likeness (QED) is 0.888. The van der Waals surface area contributed by atoms with Crippen LogP contribution < -0.4 is 10.6 Å². The van der Waals surface area contributed by atoms with Crippen molar-refractivity contribution in [1.29, 1.82) is 0 Å². The van der Waals surface area contributed by atoms with Crippen molar-refractivity contribution < 1.29 is 13.2 Å². The van der Waals surface area contributed by atoms with Gasteiger partial charge in [0.2, 0.25) is 0 Å². The van der Waals surface area contributed by atoms with Gasteiger partial charge < -0.3 is 10.6 Å². The molecule has 110 valence electrons. The third-order valence-corrected chi connectivity index (χ3v) is 4.44. The number of hydrogen-bond donors (Lipinski definition) is 2. The molecule has 0 spiro atoms. The van der Waals surface area contributed by atoms with Crippen molar-refractivity contribution in [1.82, 2.24) is 5.32 Å². The zero-order chi connectivity index (χ0) is 14.2. The first-order valence-corrected chi connectivity index (χ1v) is 7.16. The Balaban J connectivity index is 1.69. The summed E-state index contributed by atoms with van der Waals surface area (Å²) in [4.78, 5) is 0. The number of nitrogens with one attached hydrogen (secondary N) is 2. The number of halogens is 3. The van der Waals surface area contributed by atoms with Crippen LogP contribution in [0.1, 0.15) is 31.2 Å². The Hall–Kier alpha value is -1.23. The highest BCUT2D eigenvalue weighted by molar-refractivity contribution is 5.48. The van der Waals surface area contributed by atoms with E-state index in [0.29, 0.717) is 11.6 Å². The van der Waals surface area contributed by atoms with E-state index in [1.165, 1.54) is 0 Å². The SMILES string of the molecule is FC(F)(F)C1(c2ccc(NC3CCNCC3)cc2)CC1. The lowest BCUT2D eigenvalue weighted by Gasteiger charge is -2.25. The van der Waals surface area contributed by atoms with Gasteiger partial charge in [0.1, 0.15) is 0 Å². The van der Waals surface area contributed by atoms with E-state index in [9.17, 15) is 13.2 Å². The minimum atomic E-state index is -4.13. The van der Waals surface area contributed by atoms with Crippen molar-refractivity contribution in [3.63, 3.8) is 0 Å². The van der Waals surface area contributed by atoms with E-state index < -0.39 is 11.6 Å². The highest BCUT2D eigenvalue weighted by Crippen LogP contribution is 2.58. The summed E-state index contributed by atoms with van der Waals surface area (Å²) in [6, 6.07) is 7.24. The maximum absolute atomic E-state index is 13.0. The van der Waals surface area contributed by atoms with E-state index in [1.54, 1.807) is 24.3 Å². The standard InChI is InChI=1S/C15H19F3N2/c16-15(17,18)14(7-8-14)11-1-3-12(4-2-11)20-13-5-9-19-10-6-13/h1-4,13,19-20H,5-10H2. The smallest absolute Gasteiger partial charge is 0.382 e. The fourth-order valence-corrected chi connectivity index (χ4v) is 2.95. The molecule has 0 bridgehead atoms. The lowest BCUT2D eigenvalue weighted by Crippen LogP contribution is -2.35. The second kappa shape index (κ2) is 4.95. The summed E-state index contributed by atoms with van der Waals surface area (Å²) in [6.07, 6.45) is -1.59. The van der Waals surface area contributed by atoms with Gasteiger partial charge >= 0.3 is 6.18 Å². The molecule has 1 aromatic carbocycles. The molecule has 2 N–H and O–H groups in total. The second-order valence-corrected chi connectivity index (χ2v) is 5.83.